The normalized spacial score (nSPS) is 15.4. The van der Waals surface area contributed by atoms with Gasteiger partial charge in [0.15, 0.2) is 5.96 Å². The number of guanidine groups is 1. The van der Waals surface area contributed by atoms with Crippen LogP contribution in [0.15, 0.2) is 41.5 Å². The molecule has 1 heterocycles. The minimum Gasteiger partial charge on any atom is -0.356 e. The molecule has 2 aromatic rings. The predicted molar refractivity (Wildman–Crippen MR) is 117 cm³/mol. The maximum atomic E-state index is 4.46. The van der Waals surface area contributed by atoms with E-state index in [1.165, 1.54) is 28.3 Å². The Kier molecular flexibility index (Phi) is 7.68. The molecule has 1 aromatic carbocycles. The fourth-order valence-corrected chi connectivity index (χ4v) is 3.76. The molecule has 4 nitrogen and oxygen atoms in total. The number of aliphatic imine (C=N–C) groups is 1. The van der Waals surface area contributed by atoms with E-state index in [1.807, 2.05) is 13.2 Å². The van der Waals surface area contributed by atoms with Gasteiger partial charge in [-0.1, -0.05) is 37.3 Å². The van der Waals surface area contributed by atoms with Gasteiger partial charge < -0.3 is 10.6 Å². The van der Waals surface area contributed by atoms with Crippen molar-refractivity contribution >= 4 is 41.3 Å². The highest BCUT2D eigenvalue weighted by Crippen LogP contribution is 2.47. The van der Waals surface area contributed by atoms with Gasteiger partial charge in [0, 0.05) is 43.0 Å². The molecule has 1 aliphatic rings. The number of aryl methyl sites for hydroxylation is 1. The topological polar surface area (TPSA) is 49.3 Å². The van der Waals surface area contributed by atoms with Crippen LogP contribution in [0.4, 0.5) is 0 Å². The highest BCUT2D eigenvalue weighted by molar-refractivity contribution is 14.0. The average Bonchev–Trinajstić information content (AvgIpc) is 3.29. The molecule has 0 amide bonds. The molecule has 1 fully saturated rings. The number of nitrogens with zero attached hydrogens (tertiary/aromatic N) is 2. The van der Waals surface area contributed by atoms with E-state index in [2.05, 4.69) is 57.9 Å². The van der Waals surface area contributed by atoms with Gasteiger partial charge >= 0.3 is 0 Å². The second-order valence-electron chi connectivity index (χ2n) is 6.32. The summed E-state index contributed by atoms with van der Waals surface area (Å²) in [5.74, 6) is 0.879. The van der Waals surface area contributed by atoms with Crippen LogP contribution in [0.1, 0.15) is 35.2 Å². The van der Waals surface area contributed by atoms with Crippen molar-refractivity contribution in [2.45, 2.75) is 38.0 Å². The van der Waals surface area contributed by atoms with E-state index < -0.39 is 0 Å². The third-order valence-corrected chi connectivity index (χ3v) is 5.84. The molecule has 3 rings (SSSR count). The van der Waals surface area contributed by atoms with Crippen LogP contribution in [0.2, 0.25) is 0 Å². The Bertz CT molecular complexity index is 680. The van der Waals surface area contributed by atoms with Gasteiger partial charge in [-0.05, 0) is 24.8 Å². The SMILES string of the molecule is CCc1cnc(CCNC(=NC)NCC2(c3ccccc3)CC2)s1.I. The number of benzene rings is 1. The van der Waals surface area contributed by atoms with Gasteiger partial charge in [-0.2, -0.15) is 0 Å². The molecule has 0 atom stereocenters. The van der Waals surface area contributed by atoms with E-state index in [0.717, 1.165) is 31.9 Å². The standard InChI is InChI=1S/C19H26N4S.HI/c1-3-16-13-22-17(24-16)9-12-21-18(20-2)23-14-19(10-11-19)15-7-5-4-6-8-15;/h4-8,13H,3,9-12,14H2,1-2H3,(H2,20,21,23);1H. The lowest BCUT2D eigenvalue weighted by Gasteiger charge is -2.19. The molecule has 1 aliphatic carbocycles. The highest BCUT2D eigenvalue weighted by atomic mass is 127. The summed E-state index contributed by atoms with van der Waals surface area (Å²) in [5, 5.41) is 8.09. The zero-order chi connectivity index (χ0) is 16.8. The summed E-state index contributed by atoms with van der Waals surface area (Å²) in [6, 6.07) is 10.8. The van der Waals surface area contributed by atoms with Crippen molar-refractivity contribution < 1.29 is 0 Å². The lowest BCUT2D eigenvalue weighted by atomic mass is 9.96. The zero-order valence-corrected chi connectivity index (χ0v) is 18.1. The summed E-state index contributed by atoms with van der Waals surface area (Å²) >= 11 is 1.81. The third-order valence-electron chi connectivity index (χ3n) is 4.64. The van der Waals surface area contributed by atoms with Crippen LogP contribution in [0.3, 0.4) is 0 Å². The van der Waals surface area contributed by atoms with Gasteiger partial charge in [-0.3, -0.25) is 4.99 Å². The smallest absolute Gasteiger partial charge is 0.191 e. The van der Waals surface area contributed by atoms with E-state index in [1.54, 1.807) is 11.3 Å². The largest absolute Gasteiger partial charge is 0.356 e. The summed E-state index contributed by atoms with van der Waals surface area (Å²) in [4.78, 5) is 10.2. The second kappa shape index (κ2) is 9.52. The van der Waals surface area contributed by atoms with Gasteiger partial charge in [0.1, 0.15) is 0 Å². The third kappa shape index (κ3) is 5.41. The predicted octanol–water partition coefficient (Wildman–Crippen LogP) is 3.76. The first-order chi connectivity index (χ1) is 11.8. The number of rotatable bonds is 7. The first-order valence-corrected chi connectivity index (χ1v) is 9.51. The number of thiazole rings is 1. The summed E-state index contributed by atoms with van der Waals surface area (Å²) in [7, 11) is 1.83. The Morgan fingerprint density at radius 3 is 2.60 bits per heavy atom. The Labute approximate surface area is 171 Å². The van der Waals surface area contributed by atoms with Gasteiger partial charge in [0.2, 0.25) is 0 Å². The Morgan fingerprint density at radius 1 is 1.24 bits per heavy atom. The Hall–Kier alpha value is -1.15. The van der Waals surface area contributed by atoms with Gasteiger partial charge in [0.25, 0.3) is 0 Å². The van der Waals surface area contributed by atoms with E-state index in [9.17, 15) is 0 Å². The van der Waals surface area contributed by atoms with E-state index >= 15 is 0 Å². The van der Waals surface area contributed by atoms with Crippen LogP contribution < -0.4 is 10.6 Å². The quantitative estimate of drug-likeness (QED) is 0.368. The van der Waals surface area contributed by atoms with Crippen molar-refractivity contribution in [3.63, 3.8) is 0 Å². The number of aromatic nitrogens is 1. The van der Waals surface area contributed by atoms with Gasteiger partial charge in [0.05, 0.1) is 5.01 Å². The zero-order valence-electron chi connectivity index (χ0n) is 14.9. The number of halogens is 1. The van der Waals surface area contributed by atoms with Crippen LogP contribution in [0.25, 0.3) is 0 Å². The summed E-state index contributed by atoms with van der Waals surface area (Å²) in [6.07, 6.45) is 6.49. The molecule has 1 aromatic heterocycles. The molecule has 6 heteroatoms. The monoisotopic (exact) mass is 470 g/mol. The minimum atomic E-state index is 0. The maximum Gasteiger partial charge on any atom is 0.191 e. The molecule has 0 spiro atoms. The molecule has 0 saturated heterocycles. The molecular formula is C19H27IN4S. The van der Waals surface area contributed by atoms with Gasteiger partial charge in [-0.15, -0.1) is 35.3 Å². The van der Waals surface area contributed by atoms with Gasteiger partial charge in [-0.25, -0.2) is 4.98 Å². The van der Waals surface area contributed by atoms with Crippen molar-refractivity contribution in [3.05, 3.63) is 52.0 Å². The van der Waals surface area contributed by atoms with Crippen LogP contribution in [0, 0.1) is 0 Å². The first kappa shape index (κ1) is 20.2. The van der Waals surface area contributed by atoms with Crippen molar-refractivity contribution in [3.8, 4) is 0 Å². The molecule has 0 unspecified atom stereocenters. The summed E-state index contributed by atoms with van der Waals surface area (Å²) < 4.78 is 0. The van der Waals surface area contributed by atoms with E-state index in [0.29, 0.717) is 5.41 Å². The highest BCUT2D eigenvalue weighted by Gasteiger charge is 2.43. The molecule has 0 radical (unpaired) electrons. The van der Waals surface area contributed by atoms with Crippen molar-refractivity contribution in [1.82, 2.24) is 15.6 Å². The number of hydrogen-bond acceptors (Lipinski definition) is 3. The fourth-order valence-electron chi connectivity index (χ4n) is 2.90. The molecule has 136 valence electrons. The molecule has 0 aliphatic heterocycles. The Balaban J connectivity index is 0.00000225. The van der Waals surface area contributed by atoms with E-state index in [-0.39, 0.29) is 24.0 Å². The fraction of sp³-hybridized carbons (Fsp3) is 0.474. The van der Waals surface area contributed by atoms with E-state index in [4.69, 9.17) is 0 Å². The average molecular weight is 470 g/mol. The molecule has 1 saturated carbocycles. The summed E-state index contributed by atoms with van der Waals surface area (Å²) in [5.41, 5.74) is 1.73. The maximum absolute atomic E-state index is 4.46. The van der Waals surface area contributed by atoms with Crippen LogP contribution in [-0.4, -0.2) is 31.1 Å². The molecule has 2 N–H and O–H groups in total. The van der Waals surface area contributed by atoms with Crippen molar-refractivity contribution in [2.75, 3.05) is 20.1 Å². The molecule has 0 bridgehead atoms. The first-order valence-electron chi connectivity index (χ1n) is 8.69. The Morgan fingerprint density at radius 2 is 2.00 bits per heavy atom. The van der Waals surface area contributed by atoms with Crippen LogP contribution in [-0.2, 0) is 18.3 Å². The number of nitrogens with one attached hydrogen (secondary N) is 2. The number of hydrogen-bond donors (Lipinski definition) is 2. The van der Waals surface area contributed by atoms with Crippen molar-refractivity contribution in [1.29, 1.82) is 0 Å². The second-order valence-corrected chi connectivity index (χ2v) is 7.52. The lowest BCUT2D eigenvalue weighted by molar-refractivity contribution is 0.645. The lowest BCUT2D eigenvalue weighted by Crippen LogP contribution is -2.41. The molecular weight excluding hydrogens is 443 g/mol. The summed E-state index contributed by atoms with van der Waals surface area (Å²) in [6.45, 7) is 3.96. The van der Waals surface area contributed by atoms with Crippen LogP contribution in [0.5, 0.6) is 0 Å². The molecule has 25 heavy (non-hydrogen) atoms. The van der Waals surface area contributed by atoms with Crippen molar-refractivity contribution in [2.24, 2.45) is 4.99 Å². The van der Waals surface area contributed by atoms with Crippen LogP contribution >= 0.6 is 35.3 Å². The minimum absolute atomic E-state index is 0.